The maximum atomic E-state index is 10.7. The lowest BCUT2D eigenvalue weighted by molar-refractivity contribution is -0.110. The second kappa shape index (κ2) is 3.26. The van der Waals surface area contributed by atoms with Gasteiger partial charge in [0, 0.05) is 16.9 Å². The summed E-state index contributed by atoms with van der Waals surface area (Å²) < 4.78 is 11.3. The van der Waals surface area contributed by atoms with Crippen molar-refractivity contribution in [3.63, 3.8) is 0 Å². The number of aliphatic hydroxyl groups excluding tert-OH is 1. The molecule has 1 aromatic heterocycles. The Hall–Kier alpha value is -0.800. The number of aliphatic hydroxyl groups is 1. The molecule has 0 spiro atoms. The lowest BCUT2D eigenvalue weighted by Crippen LogP contribution is -2.49. The van der Waals surface area contributed by atoms with Crippen LogP contribution in [0.25, 0.3) is 0 Å². The van der Waals surface area contributed by atoms with E-state index in [1.165, 1.54) is 12.8 Å². The van der Waals surface area contributed by atoms with Gasteiger partial charge in [-0.25, -0.2) is 0 Å². The van der Waals surface area contributed by atoms with E-state index in [1.54, 1.807) is 12.5 Å². The topological polar surface area (TPSA) is 45.9 Å². The van der Waals surface area contributed by atoms with Gasteiger partial charge in [0.05, 0.1) is 18.6 Å². The molecule has 2 heterocycles. The highest BCUT2D eigenvalue weighted by Crippen LogP contribution is 2.75. The number of hydrogen-bond acceptors (Lipinski definition) is 3. The van der Waals surface area contributed by atoms with Crippen LogP contribution in [0.15, 0.2) is 23.0 Å². The molecule has 3 nitrogen and oxygen atoms in total. The van der Waals surface area contributed by atoms with Crippen LogP contribution in [0.4, 0.5) is 0 Å². The summed E-state index contributed by atoms with van der Waals surface area (Å²) in [6, 6.07) is 2.00. The van der Waals surface area contributed by atoms with Crippen LogP contribution in [-0.2, 0) is 10.3 Å². The molecule has 104 valence electrons. The van der Waals surface area contributed by atoms with Crippen molar-refractivity contribution in [2.75, 3.05) is 0 Å². The van der Waals surface area contributed by atoms with Gasteiger partial charge in [-0.1, -0.05) is 27.2 Å². The van der Waals surface area contributed by atoms with Gasteiger partial charge in [-0.3, -0.25) is 0 Å². The average molecular weight is 262 g/mol. The molecule has 1 aliphatic heterocycles. The van der Waals surface area contributed by atoms with Crippen LogP contribution in [0.2, 0.25) is 0 Å². The zero-order valence-corrected chi connectivity index (χ0v) is 11.8. The van der Waals surface area contributed by atoms with Gasteiger partial charge in [-0.2, -0.15) is 0 Å². The summed E-state index contributed by atoms with van der Waals surface area (Å²) in [4.78, 5) is 0. The molecule has 0 radical (unpaired) electrons. The second-order valence-electron chi connectivity index (χ2n) is 7.51. The smallest absolute Gasteiger partial charge is 0.131 e. The van der Waals surface area contributed by atoms with Gasteiger partial charge in [-0.05, 0) is 24.3 Å². The quantitative estimate of drug-likeness (QED) is 0.791. The van der Waals surface area contributed by atoms with Crippen molar-refractivity contribution in [3.05, 3.63) is 24.2 Å². The first-order valence-corrected chi connectivity index (χ1v) is 7.32. The summed E-state index contributed by atoms with van der Waals surface area (Å²) in [6.45, 7) is 6.90. The molecule has 0 aromatic carbocycles. The van der Waals surface area contributed by atoms with E-state index in [-0.39, 0.29) is 28.6 Å². The molecular weight excluding hydrogens is 240 g/mol. The molecule has 1 N–H and O–H groups in total. The minimum atomic E-state index is -0.352. The van der Waals surface area contributed by atoms with E-state index in [0.29, 0.717) is 5.92 Å². The van der Waals surface area contributed by atoms with Crippen LogP contribution in [-0.4, -0.2) is 17.3 Å². The molecule has 3 heteroatoms. The molecule has 4 rings (SSSR count). The summed E-state index contributed by atoms with van der Waals surface area (Å²) in [5.41, 5.74) is 1.00. The fourth-order valence-corrected chi connectivity index (χ4v) is 5.49. The monoisotopic (exact) mass is 262 g/mol. The van der Waals surface area contributed by atoms with E-state index >= 15 is 0 Å². The van der Waals surface area contributed by atoms with E-state index in [0.717, 1.165) is 12.0 Å². The normalized spacial score (nSPS) is 50.6. The van der Waals surface area contributed by atoms with Gasteiger partial charge in [0.25, 0.3) is 0 Å². The average Bonchev–Trinajstić information content (AvgIpc) is 2.78. The Bertz CT molecular complexity index is 506. The van der Waals surface area contributed by atoms with Crippen molar-refractivity contribution in [3.8, 4) is 0 Å². The third-order valence-electron chi connectivity index (χ3n) is 6.15. The van der Waals surface area contributed by atoms with Crippen molar-refractivity contribution in [2.45, 2.75) is 57.8 Å². The van der Waals surface area contributed by atoms with Crippen LogP contribution >= 0.6 is 0 Å². The van der Waals surface area contributed by atoms with Gasteiger partial charge >= 0.3 is 0 Å². The Morgan fingerprint density at radius 1 is 1.26 bits per heavy atom. The highest BCUT2D eigenvalue weighted by molar-refractivity contribution is 5.37. The van der Waals surface area contributed by atoms with E-state index in [1.807, 2.05) is 6.07 Å². The Labute approximate surface area is 113 Å². The summed E-state index contributed by atoms with van der Waals surface area (Å²) in [7, 11) is 0. The molecule has 0 unspecified atom stereocenters. The minimum absolute atomic E-state index is 0.0166. The minimum Gasteiger partial charge on any atom is -0.472 e. The van der Waals surface area contributed by atoms with Crippen LogP contribution in [0, 0.1) is 16.7 Å². The first-order chi connectivity index (χ1) is 8.93. The molecule has 3 aliphatic rings. The predicted octanol–water partition coefficient (Wildman–Crippen LogP) is 3.08. The van der Waals surface area contributed by atoms with Gasteiger partial charge in [0.15, 0.2) is 0 Å². The van der Waals surface area contributed by atoms with Crippen molar-refractivity contribution < 1.29 is 14.3 Å². The lowest BCUT2D eigenvalue weighted by atomic mass is 9.54. The first kappa shape index (κ1) is 12.0. The molecule has 3 fully saturated rings. The van der Waals surface area contributed by atoms with E-state index in [9.17, 15) is 5.11 Å². The third-order valence-corrected chi connectivity index (χ3v) is 6.15. The number of epoxide rings is 1. The SMILES string of the molecule is CC1(C)CCC[C@]2(C)[C@H]1[C@H](O)[C@H]1O[C@]12c1ccoc1. The zero-order valence-electron chi connectivity index (χ0n) is 11.8. The number of fused-ring (bicyclic) bond motifs is 3. The molecule has 0 amide bonds. The summed E-state index contributed by atoms with van der Waals surface area (Å²) >= 11 is 0. The maximum absolute atomic E-state index is 10.7. The Morgan fingerprint density at radius 2 is 2.05 bits per heavy atom. The molecule has 1 saturated heterocycles. The van der Waals surface area contributed by atoms with Crippen LogP contribution < -0.4 is 0 Å². The third kappa shape index (κ3) is 1.17. The molecule has 2 saturated carbocycles. The highest BCUT2D eigenvalue weighted by atomic mass is 16.6. The molecule has 0 bridgehead atoms. The van der Waals surface area contributed by atoms with Crippen LogP contribution in [0.1, 0.15) is 45.6 Å². The summed E-state index contributed by atoms with van der Waals surface area (Å²) in [6.07, 6.45) is 6.63. The van der Waals surface area contributed by atoms with Crippen molar-refractivity contribution in [2.24, 2.45) is 16.7 Å². The number of hydrogen-bond donors (Lipinski definition) is 1. The molecule has 1 aromatic rings. The molecule has 19 heavy (non-hydrogen) atoms. The van der Waals surface area contributed by atoms with Gasteiger partial charge in [0.2, 0.25) is 0 Å². The Balaban J connectivity index is 1.86. The fourth-order valence-electron chi connectivity index (χ4n) is 5.49. The van der Waals surface area contributed by atoms with Gasteiger partial charge in [0.1, 0.15) is 11.7 Å². The Morgan fingerprint density at radius 3 is 2.74 bits per heavy atom. The summed E-state index contributed by atoms with van der Waals surface area (Å²) in [5, 5.41) is 10.7. The van der Waals surface area contributed by atoms with Crippen molar-refractivity contribution in [1.29, 1.82) is 0 Å². The number of ether oxygens (including phenoxy) is 1. The number of rotatable bonds is 1. The molecular formula is C16H22O3. The first-order valence-electron chi connectivity index (χ1n) is 7.32. The highest BCUT2D eigenvalue weighted by Gasteiger charge is 2.81. The lowest BCUT2D eigenvalue weighted by Gasteiger charge is -2.51. The summed E-state index contributed by atoms with van der Waals surface area (Å²) in [5.74, 6) is 0.308. The largest absolute Gasteiger partial charge is 0.472 e. The fraction of sp³-hybridized carbons (Fsp3) is 0.750. The molecule has 2 aliphatic carbocycles. The van der Waals surface area contributed by atoms with Crippen LogP contribution in [0.5, 0.6) is 0 Å². The van der Waals surface area contributed by atoms with Crippen molar-refractivity contribution in [1.82, 2.24) is 0 Å². The van der Waals surface area contributed by atoms with Gasteiger partial charge in [-0.15, -0.1) is 0 Å². The van der Waals surface area contributed by atoms with Gasteiger partial charge < -0.3 is 14.3 Å². The number of furan rings is 1. The Kier molecular flexibility index (Phi) is 2.06. The predicted molar refractivity (Wildman–Crippen MR) is 70.5 cm³/mol. The standard InChI is InChI=1S/C16H22O3/c1-14(2)6-4-7-15(3)12(14)11(17)13-16(15,19-13)10-5-8-18-9-10/h5,8-9,11-13,17H,4,6-7H2,1-3H3/t11-,12-,13+,15+,16+/m0/s1. The maximum Gasteiger partial charge on any atom is 0.131 e. The van der Waals surface area contributed by atoms with Crippen molar-refractivity contribution >= 4 is 0 Å². The molecule has 5 atom stereocenters. The second-order valence-corrected chi connectivity index (χ2v) is 7.51. The van der Waals surface area contributed by atoms with E-state index in [4.69, 9.17) is 9.15 Å². The van der Waals surface area contributed by atoms with E-state index < -0.39 is 0 Å². The van der Waals surface area contributed by atoms with E-state index in [2.05, 4.69) is 20.8 Å². The van der Waals surface area contributed by atoms with Crippen LogP contribution in [0.3, 0.4) is 0 Å². The zero-order chi connectivity index (χ0) is 13.5.